The fourth-order valence-corrected chi connectivity index (χ4v) is 2.33. The van der Waals surface area contributed by atoms with Crippen molar-refractivity contribution in [3.8, 4) is 5.88 Å². The Morgan fingerprint density at radius 2 is 1.88 bits per heavy atom. The van der Waals surface area contributed by atoms with E-state index in [0.29, 0.717) is 12.0 Å². The minimum absolute atomic E-state index is 0.0580. The largest absolute Gasteiger partial charge is 0.474 e. The molecular formula is C13H19BrN2O. The Morgan fingerprint density at radius 3 is 2.47 bits per heavy atom. The van der Waals surface area contributed by atoms with E-state index >= 15 is 0 Å². The van der Waals surface area contributed by atoms with Crippen LogP contribution < -0.4 is 4.74 Å². The van der Waals surface area contributed by atoms with Crippen LogP contribution in [0.25, 0.3) is 0 Å². The molecule has 2 rings (SSSR count). The smallest absolute Gasteiger partial charge is 0.218 e. The van der Waals surface area contributed by atoms with Gasteiger partial charge in [0.25, 0.3) is 0 Å². The quantitative estimate of drug-likeness (QED) is 0.778. The molecule has 0 aromatic carbocycles. The number of hydrogen-bond acceptors (Lipinski definition) is 3. The third kappa shape index (κ3) is 3.41. The highest BCUT2D eigenvalue weighted by Gasteiger charge is 2.21. The fraction of sp³-hybridized carbons (Fsp3) is 0.692. The summed E-state index contributed by atoms with van der Waals surface area (Å²) >= 11 is 3.42. The minimum Gasteiger partial charge on any atom is -0.474 e. The Bertz CT molecular complexity index is 395. The lowest BCUT2D eigenvalue weighted by Gasteiger charge is -2.19. The van der Waals surface area contributed by atoms with Gasteiger partial charge in [0.2, 0.25) is 5.88 Å². The van der Waals surface area contributed by atoms with Crippen molar-refractivity contribution >= 4 is 15.9 Å². The maximum Gasteiger partial charge on any atom is 0.218 e. The molecule has 0 amide bonds. The van der Waals surface area contributed by atoms with Crippen molar-refractivity contribution in [2.45, 2.75) is 58.0 Å². The molecule has 1 aliphatic rings. The summed E-state index contributed by atoms with van der Waals surface area (Å²) in [6.07, 6.45) is 5.16. The van der Waals surface area contributed by atoms with E-state index in [1.54, 1.807) is 0 Å². The van der Waals surface area contributed by atoms with E-state index in [1.165, 1.54) is 12.8 Å². The van der Waals surface area contributed by atoms with Gasteiger partial charge in [-0.15, -0.1) is 0 Å². The number of ether oxygens (including phenoxy) is 1. The first kappa shape index (κ1) is 12.8. The van der Waals surface area contributed by atoms with E-state index in [0.717, 1.165) is 23.3 Å². The number of aromatic nitrogens is 2. The van der Waals surface area contributed by atoms with Gasteiger partial charge in [-0.3, -0.25) is 0 Å². The zero-order chi connectivity index (χ0) is 12.5. The van der Waals surface area contributed by atoms with Gasteiger partial charge in [-0.1, -0.05) is 20.8 Å². The third-order valence-electron chi connectivity index (χ3n) is 2.93. The standard InChI is InChI=1S/C13H19BrN2O/c1-13(2,3)12-15-10(14)8-11(16-12)17-9-6-4-5-7-9/h8-9H,4-7H2,1-3H3. The molecule has 0 N–H and O–H groups in total. The fourth-order valence-electron chi connectivity index (χ4n) is 1.97. The van der Waals surface area contributed by atoms with Crippen LogP contribution in [0.15, 0.2) is 10.7 Å². The molecule has 1 aromatic heterocycles. The van der Waals surface area contributed by atoms with Gasteiger partial charge in [0.15, 0.2) is 0 Å². The second-order valence-corrected chi connectivity index (χ2v) is 6.44. The zero-order valence-electron chi connectivity index (χ0n) is 10.7. The Hall–Kier alpha value is -0.640. The Balaban J connectivity index is 2.19. The van der Waals surface area contributed by atoms with E-state index < -0.39 is 0 Å². The van der Waals surface area contributed by atoms with Crippen LogP contribution >= 0.6 is 15.9 Å². The number of nitrogens with zero attached hydrogens (tertiary/aromatic N) is 2. The molecule has 0 atom stereocenters. The van der Waals surface area contributed by atoms with E-state index in [-0.39, 0.29) is 5.41 Å². The van der Waals surface area contributed by atoms with E-state index in [1.807, 2.05) is 6.07 Å². The van der Waals surface area contributed by atoms with Gasteiger partial charge in [0, 0.05) is 11.5 Å². The Morgan fingerprint density at radius 1 is 1.24 bits per heavy atom. The topological polar surface area (TPSA) is 35.0 Å². The van der Waals surface area contributed by atoms with E-state index in [4.69, 9.17) is 4.74 Å². The molecule has 94 valence electrons. The van der Waals surface area contributed by atoms with Crippen molar-refractivity contribution in [1.29, 1.82) is 0 Å². The second-order valence-electron chi connectivity index (χ2n) is 5.63. The minimum atomic E-state index is -0.0580. The van der Waals surface area contributed by atoms with Crippen LogP contribution in [-0.4, -0.2) is 16.1 Å². The lowest BCUT2D eigenvalue weighted by Crippen LogP contribution is -2.18. The molecule has 1 aliphatic carbocycles. The molecule has 0 aliphatic heterocycles. The molecule has 1 heterocycles. The first-order valence-electron chi connectivity index (χ1n) is 6.17. The number of halogens is 1. The predicted molar refractivity (Wildman–Crippen MR) is 71.3 cm³/mol. The summed E-state index contributed by atoms with van der Waals surface area (Å²) in [6.45, 7) is 6.32. The molecule has 0 spiro atoms. The highest BCUT2D eigenvalue weighted by Crippen LogP contribution is 2.27. The van der Waals surface area contributed by atoms with Crippen molar-refractivity contribution in [3.63, 3.8) is 0 Å². The lowest BCUT2D eigenvalue weighted by atomic mass is 9.96. The Kier molecular flexibility index (Phi) is 3.71. The average molecular weight is 299 g/mol. The van der Waals surface area contributed by atoms with Crippen molar-refractivity contribution in [2.75, 3.05) is 0 Å². The highest BCUT2D eigenvalue weighted by molar-refractivity contribution is 9.10. The predicted octanol–water partition coefficient (Wildman–Crippen LogP) is 3.86. The van der Waals surface area contributed by atoms with Crippen molar-refractivity contribution in [3.05, 3.63) is 16.5 Å². The molecule has 4 heteroatoms. The van der Waals surface area contributed by atoms with Crippen molar-refractivity contribution < 1.29 is 4.74 Å². The first-order chi connectivity index (χ1) is 7.95. The van der Waals surface area contributed by atoms with Crippen LogP contribution in [0.1, 0.15) is 52.3 Å². The molecule has 1 fully saturated rings. The SMILES string of the molecule is CC(C)(C)c1nc(Br)cc(OC2CCCC2)n1. The monoisotopic (exact) mass is 298 g/mol. The van der Waals surface area contributed by atoms with Gasteiger partial charge in [0.1, 0.15) is 16.5 Å². The molecule has 0 unspecified atom stereocenters. The van der Waals surface area contributed by atoms with Crippen LogP contribution in [0.3, 0.4) is 0 Å². The molecule has 0 saturated heterocycles. The summed E-state index contributed by atoms with van der Waals surface area (Å²) in [5.74, 6) is 1.52. The lowest BCUT2D eigenvalue weighted by molar-refractivity contribution is 0.199. The van der Waals surface area contributed by atoms with E-state index in [2.05, 4.69) is 46.7 Å². The van der Waals surface area contributed by atoms with Gasteiger partial charge in [0.05, 0.1) is 0 Å². The van der Waals surface area contributed by atoms with Crippen LogP contribution in [0.4, 0.5) is 0 Å². The zero-order valence-corrected chi connectivity index (χ0v) is 12.2. The molecule has 1 aromatic rings. The summed E-state index contributed by atoms with van der Waals surface area (Å²) in [5.41, 5.74) is -0.0580. The maximum atomic E-state index is 5.91. The number of hydrogen-bond donors (Lipinski definition) is 0. The summed E-state index contributed by atoms with van der Waals surface area (Å²) in [4.78, 5) is 8.91. The van der Waals surface area contributed by atoms with Crippen LogP contribution in [-0.2, 0) is 5.41 Å². The summed E-state index contributed by atoms with van der Waals surface area (Å²) in [5, 5.41) is 0. The highest BCUT2D eigenvalue weighted by atomic mass is 79.9. The van der Waals surface area contributed by atoms with Gasteiger partial charge < -0.3 is 4.74 Å². The molecule has 0 radical (unpaired) electrons. The molecule has 1 saturated carbocycles. The second kappa shape index (κ2) is 4.92. The Labute approximate surface area is 111 Å². The van der Waals surface area contributed by atoms with E-state index in [9.17, 15) is 0 Å². The van der Waals surface area contributed by atoms with Crippen molar-refractivity contribution in [2.24, 2.45) is 0 Å². The molecule has 3 nitrogen and oxygen atoms in total. The molecule has 0 bridgehead atoms. The van der Waals surface area contributed by atoms with Crippen LogP contribution in [0.2, 0.25) is 0 Å². The third-order valence-corrected chi connectivity index (χ3v) is 3.34. The first-order valence-corrected chi connectivity index (χ1v) is 6.96. The summed E-state index contributed by atoms with van der Waals surface area (Å²) in [6, 6.07) is 1.85. The van der Waals surface area contributed by atoms with Gasteiger partial charge in [-0.25, -0.2) is 4.98 Å². The molecule has 17 heavy (non-hydrogen) atoms. The summed E-state index contributed by atoms with van der Waals surface area (Å²) < 4.78 is 6.71. The van der Waals surface area contributed by atoms with Crippen LogP contribution in [0.5, 0.6) is 5.88 Å². The van der Waals surface area contributed by atoms with Crippen LogP contribution in [0, 0.1) is 0 Å². The average Bonchev–Trinajstić information content (AvgIpc) is 2.68. The number of rotatable bonds is 2. The van der Waals surface area contributed by atoms with Crippen molar-refractivity contribution in [1.82, 2.24) is 9.97 Å². The summed E-state index contributed by atoms with van der Waals surface area (Å²) in [7, 11) is 0. The van der Waals surface area contributed by atoms with Gasteiger partial charge in [-0.2, -0.15) is 4.98 Å². The molecular weight excluding hydrogens is 280 g/mol. The maximum absolute atomic E-state index is 5.91. The normalized spacial score (nSPS) is 17.4. The van der Waals surface area contributed by atoms with Gasteiger partial charge in [-0.05, 0) is 41.6 Å². The van der Waals surface area contributed by atoms with Gasteiger partial charge >= 0.3 is 0 Å².